The Morgan fingerprint density at radius 3 is 2.03 bits per heavy atom. The van der Waals surface area contributed by atoms with E-state index < -0.39 is 143 Å². The summed E-state index contributed by atoms with van der Waals surface area (Å²) in [5, 5.41) is 28.0. The summed E-state index contributed by atoms with van der Waals surface area (Å²) < 4.78 is 31.7. The van der Waals surface area contributed by atoms with Gasteiger partial charge in [0, 0.05) is 131 Å². The second-order valence-corrected chi connectivity index (χ2v) is 27.4. The summed E-state index contributed by atoms with van der Waals surface area (Å²) in [5.74, 6) is -7.27. The number of hydrogen-bond acceptors (Lipinski definition) is 21. The third kappa shape index (κ3) is 12.8. The Balaban J connectivity index is 1.20. The fourth-order valence-electron chi connectivity index (χ4n) is 15.0. The molecule has 7 amide bonds. The number of carbonyl (C=O) groups is 7. The van der Waals surface area contributed by atoms with Crippen LogP contribution in [0, 0.1) is 45.3 Å². The van der Waals surface area contributed by atoms with Crippen molar-refractivity contribution in [2.45, 2.75) is 175 Å². The normalized spacial score (nSPS) is 34.4. The Morgan fingerprint density at radius 2 is 1.44 bits per heavy atom. The van der Waals surface area contributed by atoms with Crippen LogP contribution in [0.15, 0.2) is 61.9 Å². The van der Waals surface area contributed by atoms with Crippen LogP contribution in [-0.4, -0.2) is 142 Å². The zero-order valence-electron chi connectivity index (χ0n) is 51.6. The first kappa shape index (κ1) is 67.6. The first-order chi connectivity index (χ1) is 41.4. The van der Waals surface area contributed by atoms with Crippen LogP contribution in [0.4, 0.5) is 5.82 Å². The number of aromatic nitrogens is 4. The topological polar surface area (TPSA) is 512 Å². The summed E-state index contributed by atoms with van der Waals surface area (Å²) in [7, 11) is -5.11. The number of nitrogens with zero attached hydrogens (tertiary/aromatic N) is 7. The lowest BCUT2D eigenvalue weighted by Crippen LogP contribution is -2.56. The SMILES string of the molecule is C/C1=C2N=C(/C=C3\N/C(=C(/C)C4=N[C@](C)(C5N=C1[C@](C)(CCC(=O)NC[C@@H](C)OP(=O)(O)O[C@H]1[C@@H](O)[C@@H](n6cnc7ncnc(N)c76)O[C@@H]1CO)[C@H]5CC(N)=O)[C@@](C)(CC(N)=O)[C@@H]4CCC(N)=O)[C@@](C)(CC(N)=O)[C@@H]3CCC(N)=O)C(C)(C)[C@@H]/2CCC(N)=O. The molecule has 8 heterocycles. The molecule has 2 fully saturated rings. The van der Waals surface area contributed by atoms with Gasteiger partial charge >= 0.3 is 7.82 Å². The highest BCUT2D eigenvalue weighted by atomic mass is 31.2. The number of primary amides is 6. The molecule has 31 heteroatoms. The zero-order valence-corrected chi connectivity index (χ0v) is 52.5. The van der Waals surface area contributed by atoms with Crippen molar-refractivity contribution >= 4 is 83.3 Å². The van der Waals surface area contributed by atoms with E-state index in [2.05, 4.69) is 25.6 Å². The number of aliphatic hydroxyl groups excluding tert-OH is 2. The minimum Gasteiger partial charge on any atom is -0.394 e. The van der Waals surface area contributed by atoms with Gasteiger partial charge in [0.2, 0.25) is 41.4 Å². The highest BCUT2D eigenvalue weighted by molar-refractivity contribution is 7.47. The lowest BCUT2D eigenvalue weighted by molar-refractivity contribution is -0.124. The van der Waals surface area contributed by atoms with Gasteiger partial charge in [-0.25, -0.2) is 19.5 Å². The van der Waals surface area contributed by atoms with Crippen LogP contribution < -0.4 is 50.8 Å². The molecule has 6 aliphatic rings. The number of ether oxygens (including phenoxy) is 1. The van der Waals surface area contributed by atoms with Gasteiger partial charge in [0.05, 0.1) is 24.3 Å². The third-order valence-electron chi connectivity index (χ3n) is 19.8. The lowest BCUT2D eigenvalue weighted by atomic mass is 9.55. The van der Waals surface area contributed by atoms with E-state index in [4.69, 9.17) is 68.9 Å². The molecule has 89 heavy (non-hydrogen) atoms. The van der Waals surface area contributed by atoms with Crippen LogP contribution in [0.25, 0.3) is 11.2 Å². The number of aliphatic imine (C=N–C) groups is 3. The summed E-state index contributed by atoms with van der Waals surface area (Å²) in [6.45, 7) is 15.2. The van der Waals surface area contributed by atoms with E-state index in [1.165, 1.54) is 24.1 Å². The number of fused-ring (bicyclic) bond motifs is 7. The molecule has 8 bridgehead atoms. The molecule has 6 aliphatic heterocycles. The maximum Gasteiger partial charge on any atom is 0.472 e. The zero-order chi connectivity index (χ0) is 65.8. The molecule has 2 saturated heterocycles. The van der Waals surface area contributed by atoms with Crippen LogP contribution in [-0.2, 0) is 51.9 Å². The first-order valence-electron chi connectivity index (χ1n) is 29.7. The number of allylic oxidation sites excluding steroid dienone is 6. The number of anilines is 1. The number of nitrogens with one attached hydrogen (secondary N) is 2. The van der Waals surface area contributed by atoms with E-state index in [1.54, 1.807) is 6.92 Å². The van der Waals surface area contributed by atoms with Gasteiger partial charge in [-0.1, -0.05) is 34.6 Å². The smallest absolute Gasteiger partial charge is 0.394 e. The van der Waals surface area contributed by atoms with Gasteiger partial charge in [-0.05, 0) is 70.6 Å². The summed E-state index contributed by atoms with van der Waals surface area (Å²) >= 11 is 0. The molecule has 2 unspecified atom stereocenters. The Kier molecular flexibility index (Phi) is 19.1. The van der Waals surface area contributed by atoms with E-state index in [0.29, 0.717) is 45.4 Å². The predicted molar refractivity (Wildman–Crippen MR) is 324 cm³/mol. The average Bonchev–Trinajstić information content (AvgIpc) is 2.33. The van der Waals surface area contributed by atoms with Gasteiger partial charge in [0.15, 0.2) is 17.7 Å². The highest BCUT2D eigenvalue weighted by Gasteiger charge is 2.66. The monoisotopic (exact) mass is 1260 g/mol. The summed E-state index contributed by atoms with van der Waals surface area (Å²) in [4.78, 5) is 133. The van der Waals surface area contributed by atoms with Gasteiger partial charge in [0.25, 0.3) is 0 Å². The number of nitrogen functional groups attached to an aromatic ring is 1. The number of amides is 7. The molecule has 8 rings (SSSR count). The number of imidazole rings is 1. The Morgan fingerprint density at radius 1 is 0.820 bits per heavy atom. The third-order valence-corrected chi connectivity index (χ3v) is 20.9. The van der Waals surface area contributed by atoms with Gasteiger partial charge < -0.3 is 70.6 Å². The molecule has 15 atom stereocenters. The van der Waals surface area contributed by atoms with Gasteiger partial charge in [0.1, 0.15) is 36.5 Å². The fourth-order valence-corrected chi connectivity index (χ4v) is 16.2. The van der Waals surface area contributed by atoms with Crippen molar-refractivity contribution in [1.82, 2.24) is 30.2 Å². The van der Waals surface area contributed by atoms with Crippen molar-refractivity contribution in [2.24, 2.45) is 94.7 Å². The van der Waals surface area contributed by atoms with Crippen molar-refractivity contribution in [2.75, 3.05) is 18.9 Å². The van der Waals surface area contributed by atoms with E-state index in [1.807, 2.05) is 54.5 Å². The van der Waals surface area contributed by atoms with Crippen molar-refractivity contribution in [1.29, 1.82) is 0 Å². The van der Waals surface area contributed by atoms with Crippen molar-refractivity contribution in [3.8, 4) is 0 Å². The van der Waals surface area contributed by atoms with E-state index in [9.17, 15) is 53.2 Å². The van der Waals surface area contributed by atoms with Gasteiger partial charge in [-0.3, -0.25) is 62.2 Å². The molecule has 2 aromatic rings. The molecular weight excluding hydrogens is 1180 g/mol. The van der Waals surface area contributed by atoms with Crippen LogP contribution in [0.2, 0.25) is 0 Å². The largest absolute Gasteiger partial charge is 0.472 e. The van der Waals surface area contributed by atoms with Crippen LogP contribution in [0.3, 0.4) is 0 Å². The van der Waals surface area contributed by atoms with Gasteiger partial charge in [-0.2, -0.15) is 0 Å². The molecule has 0 aromatic carbocycles. The standard InChI is InChI=1S/C58H85N16O14P/c1-26(87-89(84,85)88-47-34(23-75)86-53(46(47)83)74-25-69-52-45(74)51(65)67-24-68-52)22-66-42(82)16-17-55(6)32(18-39(62)79)50-58(9)57(8,21-41(64)81)31(12-15-38(61)78)44(73-58)28(3)49-56(7,20-40(63)80)29(10-13-36(59)76)33(70-49)19-35-54(4,5)30(11-14-37(60)77)43(71-35)27(2)48(55)72-50/h19,24-26,29-32,34,46-47,50,53,70,75,83H,10-18,20-23H2,1-9H3,(H2,59,76)(H2,60,77)(H2,61,78)(H2,62,79)(H2,63,80)(H2,64,81)(H,66,82)(H,84,85)(H2,65,67,68)/b33-19-,43-27-,49-28-/t26-,29-,30-,31-,32+,34-,46-,47-,50?,53+,55-,56+,57+,58-/m1/s1. The van der Waals surface area contributed by atoms with Crippen molar-refractivity contribution in [3.63, 3.8) is 0 Å². The molecule has 0 spiro atoms. The summed E-state index contributed by atoms with van der Waals surface area (Å²) in [5.41, 5.74) is 40.4. The lowest BCUT2D eigenvalue weighted by Gasteiger charge is -2.48. The number of hydrogen-bond donors (Lipinski definition) is 12. The number of nitrogens with two attached hydrogens (primary N) is 7. The minimum absolute atomic E-state index is 0.00195. The van der Waals surface area contributed by atoms with E-state index in [-0.39, 0.29) is 94.2 Å². The van der Waals surface area contributed by atoms with Gasteiger partial charge in [-0.15, -0.1) is 0 Å². The van der Waals surface area contributed by atoms with Crippen LogP contribution in [0.5, 0.6) is 0 Å². The number of aliphatic hydroxyl groups is 2. The Bertz CT molecular complexity index is 3490. The number of rotatable bonds is 26. The second-order valence-electron chi connectivity index (χ2n) is 26.1. The Hall–Kier alpha value is -7.34. The number of phosphoric acid groups is 1. The average molecular weight is 1260 g/mol. The van der Waals surface area contributed by atoms with Crippen LogP contribution in [0.1, 0.15) is 139 Å². The highest BCUT2D eigenvalue weighted by Crippen LogP contribution is 2.63. The Labute approximate surface area is 514 Å². The van der Waals surface area contributed by atoms with Crippen molar-refractivity contribution < 1.29 is 67.0 Å². The molecule has 0 radical (unpaired) electrons. The van der Waals surface area contributed by atoms with Crippen molar-refractivity contribution in [3.05, 3.63) is 47.0 Å². The van der Waals surface area contributed by atoms with E-state index in [0.717, 1.165) is 0 Å². The maximum absolute atomic E-state index is 14.3. The minimum atomic E-state index is -5.11. The molecule has 486 valence electrons. The summed E-state index contributed by atoms with van der Waals surface area (Å²) in [6, 6.07) is -1.05. The maximum atomic E-state index is 14.3. The molecular formula is C58H85N16O14P. The molecule has 0 saturated carbocycles. The first-order valence-corrected chi connectivity index (χ1v) is 31.2. The number of phosphoric ester groups is 1. The summed E-state index contributed by atoms with van der Waals surface area (Å²) in [6.07, 6.45) is -3.82. The molecule has 19 N–H and O–H groups in total. The predicted octanol–water partition coefficient (Wildman–Crippen LogP) is 0.919. The number of carbonyl (C=O) groups excluding carboxylic acids is 7. The van der Waals surface area contributed by atoms with E-state index >= 15 is 0 Å². The fraction of sp³-hybridized carbons (Fsp3) is 0.638. The molecule has 30 nitrogen and oxygen atoms in total. The molecule has 0 aliphatic carbocycles. The molecule has 2 aromatic heterocycles. The quantitative estimate of drug-likeness (QED) is 0.0583. The second kappa shape index (κ2) is 25.1. The van der Waals surface area contributed by atoms with Crippen LogP contribution >= 0.6 is 7.82 Å².